The van der Waals surface area contributed by atoms with Gasteiger partial charge in [0.25, 0.3) is 0 Å². The van der Waals surface area contributed by atoms with Crippen LogP contribution in [0.5, 0.6) is 5.75 Å². The van der Waals surface area contributed by atoms with Crippen LogP contribution in [-0.4, -0.2) is 59.4 Å². The van der Waals surface area contributed by atoms with Crippen molar-refractivity contribution in [1.29, 1.82) is 0 Å². The minimum absolute atomic E-state index is 0.220. The number of piperazine rings is 1. The smallest absolute Gasteiger partial charge is 0.225 e. The third kappa shape index (κ3) is 4.88. The number of amides is 1. The Balaban J connectivity index is 1.41. The van der Waals surface area contributed by atoms with Crippen molar-refractivity contribution in [3.05, 3.63) is 69.5 Å². The second-order valence-corrected chi connectivity index (χ2v) is 9.68. The van der Waals surface area contributed by atoms with E-state index in [2.05, 4.69) is 25.9 Å². The Labute approximate surface area is 206 Å². The summed E-state index contributed by atoms with van der Waals surface area (Å²) in [5, 5.41) is 17.9. The van der Waals surface area contributed by atoms with Crippen LogP contribution in [0, 0.1) is 5.92 Å². The Morgan fingerprint density at radius 1 is 1.03 bits per heavy atom. The van der Waals surface area contributed by atoms with E-state index in [4.69, 9.17) is 16.3 Å². The number of ether oxygens (including phenoxy) is 1. The van der Waals surface area contributed by atoms with E-state index >= 15 is 0 Å². The maximum Gasteiger partial charge on any atom is 0.225 e. The van der Waals surface area contributed by atoms with E-state index in [1.807, 2.05) is 29.2 Å². The fourth-order valence-corrected chi connectivity index (χ4v) is 4.41. The third-order valence-electron chi connectivity index (χ3n) is 6.01. The van der Waals surface area contributed by atoms with Gasteiger partial charge in [0.1, 0.15) is 11.4 Å². The number of hydrazone groups is 1. The molecule has 9 heteroatoms. The Bertz CT molecular complexity index is 1080. The number of hydrogen-bond donors (Lipinski definition) is 1. The first-order valence-corrected chi connectivity index (χ1v) is 12.1. The molecule has 2 heterocycles. The Kier molecular flexibility index (Phi) is 6.32. The maximum atomic E-state index is 12.4. The molecule has 0 bridgehead atoms. The lowest BCUT2D eigenvalue weighted by molar-refractivity contribution is -0.134. The van der Waals surface area contributed by atoms with Gasteiger partial charge in [0.2, 0.25) is 12.1 Å². The molecule has 1 unspecified atom stereocenters. The zero-order valence-electron chi connectivity index (χ0n) is 17.9. The molecule has 0 spiro atoms. The summed E-state index contributed by atoms with van der Waals surface area (Å²) in [4.78, 5) is 16.5. The molecule has 5 rings (SSSR count). The molecule has 1 N–H and O–H groups in total. The summed E-state index contributed by atoms with van der Waals surface area (Å²) in [7, 11) is 0. The van der Waals surface area contributed by atoms with Crippen molar-refractivity contribution in [2.45, 2.75) is 19.1 Å². The third-order valence-corrected chi connectivity index (χ3v) is 6.79. The van der Waals surface area contributed by atoms with Gasteiger partial charge in [-0.15, -0.1) is 0 Å². The molecular weight excluding hydrogens is 508 g/mol. The van der Waals surface area contributed by atoms with Gasteiger partial charge in [-0.2, -0.15) is 5.10 Å². The number of aliphatic hydroxyl groups excluding tert-OH is 1. The van der Waals surface area contributed by atoms with E-state index in [1.165, 1.54) is 5.01 Å². The second-order valence-electron chi connectivity index (χ2n) is 8.33. The zero-order chi connectivity index (χ0) is 22.9. The second kappa shape index (κ2) is 9.37. The Morgan fingerprint density at radius 3 is 2.33 bits per heavy atom. The number of halogens is 2. The first-order chi connectivity index (χ1) is 16.0. The molecule has 0 radical (unpaired) electrons. The minimum atomic E-state index is -1.12. The number of nitrogens with zero attached hydrogens (tertiary/aromatic N) is 4. The molecule has 1 atom stereocenters. The van der Waals surface area contributed by atoms with Gasteiger partial charge in [-0.25, -0.2) is 5.01 Å². The monoisotopic (exact) mass is 530 g/mol. The number of rotatable bonds is 5. The number of allylic oxidation sites excluding steroid dienone is 1. The average Bonchev–Trinajstić information content (AvgIpc) is 3.68. The van der Waals surface area contributed by atoms with Crippen LogP contribution < -0.4 is 9.75 Å². The molecule has 2 aromatic carbocycles. The summed E-state index contributed by atoms with van der Waals surface area (Å²) < 4.78 is 7.15. The standard InChI is InChI=1S/C24H24BrClN4O3/c25-17-3-9-20(10-4-17)33-22-21(28-11-13-29(14-12-28)23(31)16-1-2-16)15-27-30(24(22)32)19-7-5-18(26)6-8-19/h3-10,15-16,24,32H,1-2,11-14H2. The van der Waals surface area contributed by atoms with Gasteiger partial charge >= 0.3 is 0 Å². The van der Waals surface area contributed by atoms with Crippen LogP contribution in [0.1, 0.15) is 12.8 Å². The minimum Gasteiger partial charge on any atom is -0.455 e. The van der Waals surface area contributed by atoms with E-state index in [0.29, 0.717) is 54.1 Å². The van der Waals surface area contributed by atoms with Crippen molar-refractivity contribution in [3.8, 4) is 5.75 Å². The Morgan fingerprint density at radius 2 is 1.70 bits per heavy atom. The van der Waals surface area contributed by atoms with Crippen molar-refractivity contribution in [1.82, 2.24) is 9.80 Å². The molecule has 1 saturated heterocycles. The molecule has 33 heavy (non-hydrogen) atoms. The molecule has 0 aromatic heterocycles. The molecule has 2 aliphatic heterocycles. The molecule has 1 saturated carbocycles. The van der Waals surface area contributed by atoms with Crippen LogP contribution in [0.25, 0.3) is 0 Å². The summed E-state index contributed by atoms with van der Waals surface area (Å²) in [6, 6.07) is 14.6. The van der Waals surface area contributed by atoms with E-state index in [1.54, 1.807) is 30.5 Å². The lowest BCUT2D eigenvalue weighted by Crippen LogP contribution is -2.51. The Hall–Kier alpha value is -2.55. The highest BCUT2D eigenvalue weighted by Crippen LogP contribution is 2.33. The number of aliphatic hydroxyl groups is 1. The molecule has 1 aliphatic carbocycles. The molecular formula is C24H24BrClN4O3. The summed E-state index contributed by atoms with van der Waals surface area (Å²) in [5.41, 5.74) is 1.41. The number of anilines is 1. The summed E-state index contributed by atoms with van der Waals surface area (Å²) in [6.07, 6.45) is 2.61. The van der Waals surface area contributed by atoms with Gasteiger partial charge < -0.3 is 19.6 Å². The molecule has 2 fully saturated rings. The normalized spacial score (nSPS) is 20.9. The number of benzene rings is 2. The van der Waals surface area contributed by atoms with Crippen LogP contribution in [0.4, 0.5) is 5.69 Å². The van der Waals surface area contributed by atoms with Crippen LogP contribution in [-0.2, 0) is 4.79 Å². The molecule has 2 aromatic rings. The highest BCUT2D eigenvalue weighted by atomic mass is 79.9. The van der Waals surface area contributed by atoms with Crippen molar-refractivity contribution < 1.29 is 14.6 Å². The average molecular weight is 532 g/mol. The zero-order valence-corrected chi connectivity index (χ0v) is 20.2. The first kappa shape index (κ1) is 22.3. The van der Waals surface area contributed by atoms with E-state index in [0.717, 1.165) is 17.3 Å². The fourth-order valence-electron chi connectivity index (χ4n) is 4.02. The van der Waals surface area contributed by atoms with Gasteiger partial charge in [0, 0.05) is 41.6 Å². The lowest BCUT2D eigenvalue weighted by Gasteiger charge is -2.39. The van der Waals surface area contributed by atoms with Crippen molar-refractivity contribution in [2.75, 3.05) is 31.2 Å². The van der Waals surface area contributed by atoms with Crippen molar-refractivity contribution >= 4 is 45.3 Å². The van der Waals surface area contributed by atoms with Crippen LogP contribution >= 0.6 is 27.5 Å². The molecule has 1 amide bonds. The number of carbonyl (C=O) groups is 1. The van der Waals surface area contributed by atoms with Crippen LogP contribution in [0.15, 0.2) is 69.6 Å². The SMILES string of the molecule is O=C(C1CC1)N1CCN(C2=C(Oc3ccc(Br)cc3)C(O)N(c3ccc(Cl)cc3)N=C2)CC1. The van der Waals surface area contributed by atoms with E-state index < -0.39 is 6.23 Å². The number of carbonyl (C=O) groups excluding carboxylic acids is 1. The fraction of sp³-hybridized carbons (Fsp3) is 0.333. The summed E-state index contributed by atoms with van der Waals surface area (Å²) in [5.74, 6) is 1.49. The molecule has 7 nitrogen and oxygen atoms in total. The van der Waals surface area contributed by atoms with E-state index in [9.17, 15) is 9.90 Å². The largest absolute Gasteiger partial charge is 0.455 e. The molecule has 172 valence electrons. The van der Waals surface area contributed by atoms with Gasteiger partial charge in [0.15, 0.2) is 5.76 Å². The predicted octanol–water partition coefficient (Wildman–Crippen LogP) is 4.07. The summed E-state index contributed by atoms with van der Waals surface area (Å²) in [6.45, 7) is 2.60. The summed E-state index contributed by atoms with van der Waals surface area (Å²) >= 11 is 9.46. The lowest BCUT2D eigenvalue weighted by atomic mass is 10.2. The van der Waals surface area contributed by atoms with Crippen LogP contribution in [0.3, 0.4) is 0 Å². The van der Waals surface area contributed by atoms with Crippen LogP contribution in [0.2, 0.25) is 5.02 Å². The van der Waals surface area contributed by atoms with Gasteiger partial charge in [-0.3, -0.25) is 4.79 Å². The number of hydrogen-bond acceptors (Lipinski definition) is 6. The topological polar surface area (TPSA) is 68.6 Å². The van der Waals surface area contributed by atoms with E-state index in [-0.39, 0.29) is 11.8 Å². The molecule has 3 aliphatic rings. The highest BCUT2D eigenvalue weighted by Gasteiger charge is 2.36. The highest BCUT2D eigenvalue weighted by molar-refractivity contribution is 9.10. The predicted molar refractivity (Wildman–Crippen MR) is 131 cm³/mol. The van der Waals surface area contributed by atoms with Gasteiger partial charge in [-0.05, 0) is 61.4 Å². The van der Waals surface area contributed by atoms with Gasteiger partial charge in [0.05, 0.1) is 11.9 Å². The van der Waals surface area contributed by atoms with Crippen molar-refractivity contribution in [2.24, 2.45) is 11.0 Å². The maximum absolute atomic E-state index is 12.4. The van der Waals surface area contributed by atoms with Crippen molar-refractivity contribution in [3.63, 3.8) is 0 Å². The first-order valence-electron chi connectivity index (χ1n) is 11.0. The quantitative estimate of drug-likeness (QED) is 0.630. The van der Waals surface area contributed by atoms with Gasteiger partial charge in [-0.1, -0.05) is 27.5 Å².